The molecule has 0 atom stereocenters. The van der Waals surface area contributed by atoms with Gasteiger partial charge in [0, 0.05) is 87.6 Å². The summed E-state index contributed by atoms with van der Waals surface area (Å²) in [5, 5.41) is 9.30. The van der Waals surface area contributed by atoms with Gasteiger partial charge < -0.3 is 18.3 Å². The van der Waals surface area contributed by atoms with E-state index in [1.165, 1.54) is 43.8 Å². The fourth-order valence-electron chi connectivity index (χ4n) is 19.5. The molecule has 596 valence electrons. The summed E-state index contributed by atoms with van der Waals surface area (Å²) in [4.78, 5) is 33.2. The lowest BCUT2D eigenvalue weighted by Crippen LogP contribution is -2.04. The zero-order chi connectivity index (χ0) is 84.3. The molecule has 0 unspecified atom stereocenters. The Hall–Kier alpha value is -16.8. The molecule has 0 radical (unpaired) electrons. The number of rotatable bonds is 15. The number of hydrogen-bond donors (Lipinski definition) is 0. The maximum atomic E-state index is 5.77. The smallest absolute Gasteiger partial charge is 0.166 e. The highest BCUT2D eigenvalue weighted by molar-refractivity contribution is 6.15. The SMILES string of the molecule is Cc1ccc(-c2ccc3c(c2)c2ccccc2n3-c2ccc(-c3ccccc3-n3c4ccccc4c4ccccc43)cc2-c2nc(-c3ccccc3)nc(-c3cccc(-c4cc(C)ccc4-c4ccc5c(c4)c4ccccc4n5-c4ccc(-c5ccccc5-n5c6ccccc6c6ccccc65)cc4-c4nc(-c5ccccc5)nc(-c5ccccc5)n4)c3)n2)c(C)c1. The molecule has 0 fully saturated rings. The second-order valence-corrected chi connectivity index (χ2v) is 33.1. The van der Waals surface area contributed by atoms with Crippen LogP contribution in [0.15, 0.2) is 419 Å². The Bertz CT molecular complexity index is 8400. The van der Waals surface area contributed by atoms with Crippen molar-refractivity contribution in [3.05, 3.63) is 435 Å². The molecule has 0 saturated heterocycles. The van der Waals surface area contributed by atoms with Crippen molar-refractivity contribution in [1.29, 1.82) is 0 Å². The fraction of sp³-hybridized carbons (Fsp3) is 0.0256. The number of benzene rings is 18. The summed E-state index contributed by atoms with van der Waals surface area (Å²) in [6, 6.07) is 151. The molecule has 0 saturated carbocycles. The molecule has 0 aliphatic heterocycles. The van der Waals surface area contributed by atoms with Crippen LogP contribution in [-0.2, 0) is 0 Å². The Labute approximate surface area is 733 Å². The number of hydrogen-bond acceptors (Lipinski definition) is 6. The first-order chi connectivity index (χ1) is 62.7. The largest absolute Gasteiger partial charge is 0.309 e. The predicted octanol–water partition coefficient (Wildman–Crippen LogP) is 29.7. The van der Waals surface area contributed by atoms with Crippen LogP contribution in [0.2, 0.25) is 0 Å². The van der Waals surface area contributed by atoms with Crippen LogP contribution in [0, 0.1) is 20.8 Å². The summed E-state index contributed by atoms with van der Waals surface area (Å²) in [6.07, 6.45) is 0. The second kappa shape index (κ2) is 30.4. The van der Waals surface area contributed by atoms with E-state index in [1.807, 2.05) is 42.5 Å². The van der Waals surface area contributed by atoms with E-state index in [2.05, 4.69) is 415 Å². The van der Waals surface area contributed by atoms with Crippen molar-refractivity contribution < 1.29 is 0 Å². The van der Waals surface area contributed by atoms with Crippen molar-refractivity contribution in [3.63, 3.8) is 0 Å². The van der Waals surface area contributed by atoms with Gasteiger partial charge in [-0.15, -0.1) is 0 Å². The number of aromatic nitrogens is 10. The number of para-hydroxylation sites is 8. The lowest BCUT2D eigenvalue weighted by atomic mass is 9.91. The minimum Gasteiger partial charge on any atom is -0.309 e. The third kappa shape index (κ3) is 12.6. The summed E-state index contributed by atoms with van der Waals surface area (Å²) in [6.45, 7) is 6.55. The first kappa shape index (κ1) is 74.0. The summed E-state index contributed by atoms with van der Waals surface area (Å²) < 4.78 is 9.65. The Morgan fingerprint density at radius 2 is 0.433 bits per heavy atom. The van der Waals surface area contributed by atoms with Gasteiger partial charge in [-0.1, -0.05) is 327 Å². The Morgan fingerprint density at radius 3 is 0.843 bits per heavy atom. The molecule has 0 spiro atoms. The maximum absolute atomic E-state index is 5.77. The average molecular weight is 1620 g/mol. The summed E-state index contributed by atoms with van der Waals surface area (Å²) in [5.41, 5.74) is 32.3. The molecule has 10 heteroatoms. The van der Waals surface area contributed by atoms with Gasteiger partial charge in [0.05, 0.1) is 66.9 Å². The molecule has 0 amide bonds. The van der Waals surface area contributed by atoms with Crippen LogP contribution in [0.25, 0.3) is 234 Å². The Kier molecular flexibility index (Phi) is 17.7. The van der Waals surface area contributed by atoms with E-state index in [4.69, 9.17) is 29.9 Å². The summed E-state index contributed by atoms with van der Waals surface area (Å²) in [5.74, 6) is 3.35. The van der Waals surface area contributed by atoms with Crippen molar-refractivity contribution in [2.24, 2.45) is 0 Å². The van der Waals surface area contributed by atoms with E-state index < -0.39 is 0 Å². The van der Waals surface area contributed by atoms with E-state index in [-0.39, 0.29) is 0 Å². The van der Waals surface area contributed by atoms with Crippen molar-refractivity contribution in [1.82, 2.24) is 48.2 Å². The molecule has 24 aromatic rings. The van der Waals surface area contributed by atoms with E-state index in [0.29, 0.717) is 34.9 Å². The van der Waals surface area contributed by atoms with Crippen molar-refractivity contribution in [2.45, 2.75) is 20.8 Å². The van der Waals surface area contributed by atoms with Crippen LogP contribution in [-0.4, -0.2) is 48.2 Å². The van der Waals surface area contributed by atoms with Crippen LogP contribution in [0.3, 0.4) is 0 Å². The van der Waals surface area contributed by atoms with Gasteiger partial charge in [0.2, 0.25) is 0 Å². The van der Waals surface area contributed by atoms with Gasteiger partial charge in [-0.05, 0) is 174 Å². The van der Waals surface area contributed by atoms with Gasteiger partial charge in [0.15, 0.2) is 34.9 Å². The van der Waals surface area contributed by atoms with E-state index in [1.54, 1.807) is 0 Å². The number of aryl methyl sites for hydroxylation is 3. The third-order valence-corrected chi connectivity index (χ3v) is 25.4. The standard InChI is InChI=1S/C117H78N10/c1-73-54-60-85(75(3)66-73)80-56-62-108-96(69-80)93-44-19-27-52-106(93)126(108)111-65-59-83(88-39-14-22-47-101(88)125-104-50-25-17-42-91(104)92-43-18-26-51-105(92)125)72-99(111)117-122-114(78-34-11-6-12-35-78)119-115(123-117)84-37-29-36-79(68-84)95-67-74(2)55-61-86(95)81-57-63-109-97(70-81)94-45-20-28-53-107(94)127(109)110-64-58-82(87-38-13-21-46-100(87)124-102-48-23-15-40-89(102)90-41-16-24-49-103(90)124)71-98(110)116-120-112(76-30-7-4-8-31-76)118-113(121-116)77-32-9-5-10-33-77/h4-72H,1-3H3. The lowest BCUT2D eigenvalue weighted by molar-refractivity contribution is 1.06. The van der Waals surface area contributed by atoms with Crippen LogP contribution >= 0.6 is 0 Å². The Balaban J connectivity index is 0.672. The Morgan fingerprint density at radius 1 is 0.150 bits per heavy atom. The summed E-state index contributed by atoms with van der Waals surface area (Å²) in [7, 11) is 0. The van der Waals surface area contributed by atoms with E-state index in [9.17, 15) is 0 Å². The van der Waals surface area contributed by atoms with E-state index in [0.717, 1.165) is 172 Å². The van der Waals surface area contributed by atoms with Gasteiger partial charge in [0.1, 0.15) is 0 Å². The van der Waals surface area contributed by atoms with E-state index >= 15 is 0 Å². The number of nitrogens with zero attached hydrogens (tertiary/aromatic N) is 10. The second-order valence-electron chi connectivity index (χ2n) is 33.1. The van der Waals surface area contributed by atoms with Crippen LogP contribution in [0.4, 0.5) is 0 Å². The van der Waals surface area contributed by atoms with Gasteiger partial charge in [-0.3, -0.25) is 0 Å². The quantitative estimate of drug-likeness (QED) is 0.101. The van der Waals surface area contributed by atoms with Gasteiger partial charge >= 0.3 is 0 Å². The van der Waals surface area contributed by atoms with Crippen molar-refractivity contribution >= 4 is 87.2 Å². The predicted molar refractivity (Wildman–Crippen MR) is 525 cm³/mol. The third-order valence-electron chi connectivity index (χ3n) is 25.4. The monoisotopic (exact) mass is 1620 g/mol. The molecule has 6 aromatic heterocycles. The fourth-order valence-corrected chi connectivity index (χ4v) is 19.5. The molecule has 0 bridgehead atoms. The topological polar surface area (TPSA) is 97.1 Å². The highest BCUT2D eigenvalue weighted by Gasteiger charge is 2.28. The maximum Gasteiger partial charge on any atom is 0.166 e. The van der Waals surface area contributed by atoms with Crippen LogP contribution < -0.4 is 0 Å². The van der Waals surface area contributed by atoms with Crippen LogP contribution in [0.1, 0.15) is 16.7 Å². The molecule has 10 nitrogen and oxygen atoms in total. The lowest BCUT2D eigenvalue weighted by Gasteiger charge is -2.18. The molecule has 0 aliphatic carbocycles. The highest BCUT2D eigenvalue weighted by atomic mass is 15.1. The molecule has 24 rings (SSSR count). The molecular formula is C117H78N10. The van der Waals surface area contributed by atoms with Crippen molar-refractivity contribution in [2.75, 3.05) is 0 Å². The first-order valence-corrected chi connectivity index (χ1v) is 43.2. The first-order valence-electron chi connectivity index (χ1n) is 43.2. The van der Waals surface area contributed by atoms with Gasteiger partial charge in [0.25, 0.3) is 0 Å². The minimum absolute atomic E-state index is 0.535. The average Bonchev–Trinajstić information content (AvgIpc) is 1.56. The molecule has 127 heavy (non-hydrogen) atoms. The van der Waals surface area contributed by atoms with Gasteiger partial charge in [-0.25, -0.2) is 29.9 Å². The zero-order valence-corrected chi connectivity index (χ0v) is 69.8. The highest BCUT2D eigenvalue weighted by Crippen LogP contribution is 2.47. The van der Waals surface area contributed by atoms with Gasteiger partial charge in [-0.2, -0.15) is 0 Å². The van der Waals surface area contributed by atoms with Crippen LogP contribution in [0.5, 0.6) is 0 Å². The molecule has 18 aromatic carbocycles. The minimum atomic E-state index is 0.535. The summed E-state index contributed by atoms with van der Waals surface area (Å²) >= 11 is 0. The molecule has 6 heterocycles. The molecule has 0 aliphatic rings. The normalized spacial score (nSPS) is 11.7. The van der Waals surface area contributed by atoms with Crippen molar-refractivity contribution in [3.8, 4) is 147 Å². The molecular weight excluding hydrogens is 1550 g/mol. The number of fused-ring (bicyclic) bond motifs is 12. The molecule has 0 N–H and O–H groups in total. The zero-order valence-electron chi connectivity index (χ0n) is 69.8.